The summed E-state index contributed by atoms with van der Waals surface area (Å²) in [5, 5.41) is -2.41. The minimum absolute atomic E-state index is 0.222. The van der Waals surface area contributed by atoms with Gasteiger partial charge in [-0.1, -0.05) is 45.4 Å². The Hall–Kier alpha value is 0.260. The number of hydrogen-bond donors (Lipinski definition) is 4. The highest BCUT2D eigenvalue weighted by molar-refractivity contribution is 7.72. The minimum Gasteiger partial charge on any atom is -0.323 e. The zero-order valence-corrected chi connectivity index (χ0v) is 14.2. The molecule has 9 heteroatoms. The van der Waals surface area contributed by atoms with E-state index in [9.17, 15) is 28.7 Å². The maximum Gasteiger partial charge on any atom is 0.358 e. The lowest BCUT2D eigenvalue weighted by Gasteiger charge is -2.39. The van der Waals surface area contributed by atoms with Gasteiger partial charge in [-0.25, -0.2) is 0 Å². The number of unbranched alkanes of at least 4 members (excludes halogenated alkanes) is 5. The topological polar surface area (TPSA) is 118 Å². The molecule has 0 aliphatic rings. The van der Waals surface area contributed by atoms with Crippen LogP contribution in [0.3, 0.4) is 0 Å². The van der Waals surface area contributed by atoms with Gasteiger partial charge in [0.1, 0.15) is 0 Å². The van der Waals surface area contributed by atoms with Crippen molar-refractivity contribution in [3.63, 3.8) is 0 Å². The summed E-state index contributed by atoms with van der Waals surface area (Å²) in [6.45, 7) is 2.08. The highest BCUT2D eigenvalue weighted by Gasteiger charge is 2.61. The van der Waals surface area contributed by atoms with Gasteiger partial charge in [-0.05, 0) is 20.5 Å². The molecular weight excluding hydrogens is 304 g/mol. The van der Waals surface area contributed by atoms with Gasteiger partial charge < -0.3 is 19.6 Å². The Morgan fingerprint density at radius 2 is 1.25 bits per heavy atom. The molecule has 0 aromatic carbocycles. The van der Waals surface area contributed by atoms with Gasteiger partial charge in [-0.15, -0.1) is 0 Å². The summed E-state index contributed by atoms with van der Waals surface area (Å²) < 4.78 is 23.3. The first kappa shape index (κ1) is 20.3. The van der Waals surface area contributed by atoms with Gasteiger partial charge >= 0.3 is 15.2 Å². The van der Waals surface area contributed by atoms with E-state index in [-0.39, 0.29) is 6.42 Å². The minimum atomic E-state index is -4.98. The number of nitrogens with zero attached hydrogens (tertiary/aromatic N) is 1. The van der Waals surface area contributed by atoms with Gasteiger partial charge in [-0.2, -0.15) is 0 Å². The van der Waals surface area contributed by atoms with Crippen LogP contribution in [0.2, 0.25) is 0 Å². The molecule has 20 heavy (non-hydrogen) atoms. The third-order valence-corrected chi connectivity index (χ3v) is 8.19. The Balaban J connectivity index is 4.90. The van der Waals surface area contributed by atoms with E-state index in [0.29, 0.717) is 12.8 Å². The molecule has 0 bridgehead atoms. The van der Waals surface area contributed by atoms with Crippen LogP contribution >= 0.6 is 15.2 Å². The summed E-state index contributed by atoms with van der Waals surface area (Å²) in [5.74, 6) is 0. The van der Waals surface area contributed by atoms with Crippen molar-refractivity contribution < 1.29 is 28.7 Å². The van der Waals surface area contributed by atoms with E-state index in [4.69, 9.17) is 0 Å². The second-order valence-electron chi connectivity index (χ2n) is 5.27. The van der Waals surface area contributed by atoms with Gasteiger partial charge in [-0.3, -0.25) is 14.0 Å². The molecule has 0 heterocycles. The summed E-state index contributed by atoms with van der Waals surface area (Å²) in [7, 11) is -7.39. The summed E-state index contributed by atoms with van der Waals surface area (Å²) in [5.41, 5.74) is 0. The van der Waals surface area contributed by atoms with Crippen molar-refractivity contribution in [3.05, 3.63) is 0 Å². The maximum absolute atomic E-state index is 11.7. The molecule has 0 aliphatic heterocycles. The molecule has 0 unspecified atom stereocenters. The SMILES string of the molecule is CCCCCCCCC(N(C)C)(P(=O)(O)O)P(=O)(O)O. The average molecular weight is 331 g/mol. The Kier molecular flexibility index (Phi) is 8.15. The van der Waals surface area contributed by atoms with Gasteiger partial charge in [0, 0.05) is 0 Å². The fourth-order valence-electron chi connectivity index (χ4n) is 2.35. The molecular formula is C11H27NO6P2. The summed E-state index contributed by atoms with van der Waals surface area (Å²) in [6.07, 6.45) is 4.97. The third kappa shape index (κ3) is 4.92. The first-order valence-corrected chi connectivity index (χ1v) is 10.0. The Morgan fingerprint density at radius 1 is 0.850 bits per heavy atom. The van der Waals surface area contributed by atoms with E-state index < -0.39 is 20.2 Å². The Bertz CT molecular complexity index is 353. The van der Waals surface area contributed by atoms with Crippen LogP contribution in [0.25, 0.3) is 0 Å². The Labute approximate surface area is 120 Å². The maximum atomic E-state index is 11.7. The second-order valence-corrected chi connectivity index (χ2v) is 9.28. The lowest BCUT2D eigenvalue weighted by atomic mass is 10.1. The zero-order valence-electron chi connectivity index (χ0n) is 12.4. The molecule has 0 radical (unpaired) electrons. The van der Waals surface area contributed by atoms with Crippen molar-refractivity contribution in [1.29, 1.82) is 0 Å². The molecule has 0 saturated heterocycles. The number of hydrogen-bond acceptors (Lipinski definition) is 3. The molecule has 0 aliphatic carbocycles. The van der Waals surface area contributed by atoms with Crippen molar-refractivity contribution in [3.8, 4) is 0 Å². The zero-order chi connectivity index (χ0) is 16.0. The molecule has 122 valence electrons. The highest BCUT2D eigenvalue weighted by atomic mass is 31.2. The standard InChI is InChI=1S/C11H27NO6P2/c1-4-5-6-7-8-9-10-11(12(2)3,19(13,14)15)20(16,17)18/h4-10H2,1-3H3,(H2,13,14,15)(H2,16,17,18). The molecule has 0 aromatic rings. The lowest BCUT2D eigenvalue weighted by molar-refractivity contribution is 0.199. The predicted molar refractivity (Wildman–Crippen MR) is 78.5 cm³/mol. The van der Waals surface area contributed by atoms with Crippen LogP contribution in [-0.4, -0.2) is 43.6 Å². The first-order chi connectivity index (χ1) is 9.00. The monoisotopic (exact) mass is 331 g/mol. The number of rotatable bonds is 10. The molecule has 0 rings (SSSR count). The molecule has 0 spiro atoms. The van der Waals surface area contributed by atoms with Gasteiger partial charge in [0.05, 0.1) is 0 Å². The predicted octanol–water partition coefficient (Wildman–Crippen LogP) is 2.31. The van der Waals surface area contributed by atoms with E-state index in [1.807, 2.05) is 0 Å². The molecule has 7 nitrogen and oxygen atoms in total. The van der Waals surface area contributed by atoms with Crippen LogP contribution in [0.1, 0.15) is 51.9 Å². The molecule has 0 saturated carbocycles. The van der Waals surface area contributed by atoms with E-state index in [0.717, 1.165) is 30.6 Å². The van der Waals surface area contributed by atoms with Crippen LogP contribution in [-0.2, 0) is 9.13 Å². The fourth-order valence-corrected chi connectivity index (χ4v) is 5.65. The molecule has 4 N–H and O–H groups in total. The quantitative estimate of drug-likeness (QED) is 0.358. The van der Waals surface area contributed by atoms with Crippen molar-refractivity contribution >= 4 is 15.2 Å². The summed E-state index contributed by atoms with van der Waals surface area (Å²) in [4.78, 5) is 38.8. The smallest absolute Gasteiger partial charge is 0.323 e. The van der Waals surface area contributed by atoms with Crippen LogP contribution < -0.4 is 0 Å². The van der Waals surface area contributed by atoms with Crippen molar-refractivity contribution in [2.75, 3.05) is 14.1 Å². The highest BCUT2D eigenvalue weighted by Crippen LogP contribution is 2.71. The van der Waals surface area contributed by atoms with Crippen molar-refractivity contribution in [2.45, 2.75) is 56.9 Å². The molecule has 0 aromatic heterocycles. The Morgan fingerprint density at radius 3 is 1.60 bits per heavy atom. The van der Waals surface area contributed by atoms with Crippen LogP contribution in [0, 0.1) is 0 Å². The van der Waals surface area contributed by atoms with E-state index >= 15 is 0 Å². The molecule has 0 amide bonds. The summed E-state index contributed by atoms with van der Waals surface area (Å²) >= 11 is 0. The van der Waals surface area contributed by atoms with Crippen LogP contribution in [0.4, 0.5) is 0 Å². The van der Waals surface area contributed by atoms with E-state index in [1.165, 1.54) is 14.1 Å². The van der Waals surface area contributed by atoms with Crippen molar-refractivity contribution in [2.24, 2.45) is 0 Å². The van der Waals surface area contributed by atoms with Crippen LogP contribution in [0.15, 0.2) is 0 Å². The molecule has 0 atom stereocenters. The van der Waals surface area contributed by atoms with Gasteiger partial charge in [0.15, 0.2) is 0 Å². The largest absolute Gasteiger partial charge is 0.358 e. The van der Waals surface area contributed by atoms with Gasteiger partial charge in [0.25, 0.3) is 0 Å². The summed E-state index contributed by atoms with van der Waals surface area (Å²) in [6, 6.07) is 0. The van der Waals surface area contributed by atoms with Crippen LogP contribution in [0.5, 0.6) is 0 Å². The third-order valence-electron chi connectivity index (χ3n) is 3.51. The average Bonchev–Trinajstić information content (AvgIpc) is 2.23. The normalized spacial score (nSPS) is 14.0. The fraction of sp³-hybridized carbons (Fsp3) is 1.00. The van der Waals surface area contributed by atoms with Gasteiger partial charge in [0.2, 0.25) is 5.02 Å². The van der Waals surface area contributed by atoms with E-state index in [1.54, 1.807) is 0 Å². The second kappa shape index (κ2) is 8.04. The molecule has 0 fully saturated rings. The van der Waals surface area contributed by atoms with Crippen molar-refractivity contribution in [1.82, 2.24) is 4.90 Å². The first-order valence-electron chi connectivity index (χ1n) is 6.79. The van der Waals surface area contributed by atoms with E-state index in [2.05, 4.69) is 6.92 Å². The lowest BCUT2D eigenvalue weighted by Crippen LogP contribution is -2.43.